The molecule has 0 saturated heterocycles. The molecular formula is C13H17FN2S. The lowest BCUT2D eigenvalue weighted by Gasteiger charge is -2.28. The summed E-state index contributed by atoms with van der Waals surface area (Å²) < 4.78 is 13.2. The summed E-state index contributed by atoms with van der Waals surface area (Å²) in [6, 6.07) is 4.51. The van der Waals surface area contributed by atoms with Gasteiger partial charge in [-0.15, -0.1) is 0 Å². The van der Waals surface area contributed by atoms with Crippen molar-refractivity contribution < 1.29 is 4.39 Å². The van der Waals surface area contributed by atoms with Gasteiger partial charge in [0.05, 0.1) is 0 Å². The smallest absolute Gasteiger partial charge is 0.124 e. The average Bonchev–Trinajstić information content (AvgIpc) is 3.03. The van der Waals surface area contributed by atoms with E-state index >= 15 is 0 Å². The van der Waals surface area contributed by atoms with Crippen LogP contribution in [0.3, 0.4) is 0 Å². The first kappa shape index (κ1) is 12.3. The minimum absolute atomic E-state index is 0.00262. The van der Waals surface area contributed by atoms with E-state index < -0.39 is 0 Å². The van der Waals surface area contributed by atoms with Gasteiger partial charge in [-0.25, -0.2) is 4.39 Å². The second kappa shape index (κ2) is 4.26. The number of hydrogen-bond donors (Lipinski definition) is 2. The van der Waals surface area contributed by atoms with Gasteiger partial charge in [0.2, 0.25) is 0 Å². The number of halogens is 1. The molecule has 0 heterocycles. The quantitative estimate of drug-likeness (QED) is 0.809. The third-order valence-corrected chi connectivity index (χ3v) is 3.52. The van der Waals surface area contributed by atoms with Crippen LogP contribution in [0.15, 0.2) is 18.2 Å². The fourth-order valence-corrected chi connectivity index (χ4v) is 2.25. The van der Waals surface area contributed by atoms with Crippen molar-refractivity contribution in [3.63, 3.8) is 0 Å². The molecular weight excluding hydrogens is 235 g/mol. The Kier molecular flexibility index (Phi) is 3.08. The fourth-order valence-electron chi connectivity index (χ4n) is 2.08. The summed E-state index contributed by atoms with van der Waals surface area (Å²) in [4.78, 5) is 0.221. The normalized spacial score (nSPS) is 15.7. The minimum Gasteiger partial charge on any atom is -0.389 e. The number of rotatable bonds is 4. The van der Waals surface area contributed by atoms with Crippen molar-refractivity contribution in [3.05, 3.63) is 29.6 Å². The van der Waals surface area contributed by atoms with Crippen LogP contribution in [0.1, 0.15) is 32.3 Å². The van der Waals surface area contributed by atoms with E-state index in [0.717, 1.165) is 5.69 Å². The van der Waals surface area contributed by atoms with Crippen molar-refractivity contribution in [2.75, 3.05) is 5.32 Å². The molecule has 0 aliphatic heterocycles. The van der Waals surface area contributed by atoms with Gasteiger partial charge in [-0.2, -0.15) is 0 Å². The van der Waals surface area contributed by atoms with Crippen LogP contribution in [-0.2, 0) is 0 Å². The highest BCUT2D eigenvalue weighted by molar-refractivity contribution is 7.80. The first-order valence-electron chi connectivity index (χ1n) is 5.77. The van der Waals surface area contributed by atoms with Gasteiger partial charge < -0.3 is 11.1 Å². The second-order valence-corrected chi connectivity index (χ2v) is 5.61. The van der Waals surface area contributed by atoms with E-state index in [2.05, 4.69) is 19.2 Å². The molecule has 1 aliphatic rings. The van der Waals surface area contributed by atoms with Crippen LogP contribution in [0.25, 0.3) is 0 Å². The molecule has 1 aliphatic carbocycles. The molecule has 0 amide bonds. The summed E-state index contributed by atoms with van der Waals surface area (Å²) in [6.07, 6.45) is 2.48. The van der Waals surface area contributed by atoms with Crippen LogP contribution in [0.5, 0.6) is 0 Å². The van der Waals surface area contributed by atoms with Crippen molar-refractivity contribution in [2.45, 2.75) is 32.2 Å². The zero-order valence-electron chi connectivity index (χ0n) is 10.1. The topological polar surface area (TPSA) is 38.0 Å². The number of benzene rings is 1. The van der Waals surface area contributed by atoms with E-state index in [0.29, 0.717) is 11.5 Å². The predicted molar refractivity (Wildman–Crippen MR) is 72.7 cm³/mol. The Labute approximate surface area is 106 Å². The lowest BCUT2D eigenvalue weighted by Crippen LogP contribution is -2.34. The molecule has 0 atom stereocenters. The summed E-state index contributed by atoms with van der Waals surface area (Å²) in [5.41, 5.74) is 7.01. The monoisotopic (exact) mass is 252 g/mol. The maximum atomic E-state index is 13.2. The summed E-state index contributed by atoms with van der Waals surface area (Å²) in [5.74, 6) is 0.356. The Morgan fingerprint density at radius 1 is 1.47 bits per heavy atom. The SMILES string of the molecule is CC(C)(Nc1ccc(F)cc1C(N)=S)C1CC1. The average molecular weight is 252 g/mol. The number of anilines is 1. The van der Waals surface area contributed by atoms with Gasteiger partial charge in [0.15, 0.2) is 0 Å². The maximum absolute atomic E-state index is 13.2. The lowest BCUT2D eigenvalue weighted by atomic mass is 9.97. The molecule has 1 aromatic carbocycles. The molecule has 92 valence electrons. The zero-order chi connectivity index (χ0) is 12.6. The van der Waals surface area contributed by atoms with Crippen LogP contribution in [0.2, 0.25) is 0 Å². The van der Waals surface area contributed by atoms with Crippen LogP contribution in [-0.4, -0.2) is 10.5 Å². The Bertz CT molecular complexity index is 453. The summed E-state index contributed by atoms with van der Waals surface area (Å²) in [5, 5.41) is 3.42. The molecule has 0 radical (unpaired) electrons. The van der Waals surface area contributed by atoms with Crippen molar-refractivity contribution in [3.8, 4) is 0 Å². The highest BCUT2D eigenvalue weighted by Gasteiger charge is 2.37. The van der Waals surface area contributed by atoms with Crippen LogP contribution in [0.4, 0.5) is 10.1 Å². The highest BCUT2D eigenvalue weighted by Crippen LogP contribution is 2.41. The van der Waals surface area contributed by atoms with Crippen molar-refractivity contribution >= 4 is 22.9 Å². The van der Waals surface area contributed by atoms with Gasteiger partial charge >= 0.3 is 0 Å². The van der Waals surface area contributed by atoms with Crippen LogP contribution >= 0.6 is 12.2 Å². The number of nitrogens with one attached hydrogen (secondary N) is 1. The van der Waals surface area contributed by atoms with E-state index in [-0.39, 0.29) is 16.3 Å². The van der Waals surface area contributed by atoms with Gasteiger partial charge in [0, 0.05) is 16.8 Å². The standard InChI is InChI=1S/C13H17FN2S/c1-13(2,8-3-4-8)16-11-6-5-9(14)7-10(11)12(15)17/h5-8,16H,3-4H2,1-2H3,(H2,15,17). The van der Waals surface area contributed by atoms with E-state index in [9.17, 15) is 4.39 Å². The predicted octanol–water partition coefficient (Wildman–Crippen LogP) is 3.06. The number of hydrogen-bond acceptors (Lipinski definition) is 2. The molecule has 1 saturated carbocycles. The van der Waals surface area contributed by atoms with E-state index in [1.54, 1.807) is 6.07 Å². The largest absolute Gasteiger partial charge is 0.389 e. The Morgan fingerprint density at radius 3 is 2.65 bits per heavy atom. The molecule has 2 nitrogen and oxygen atoms in total. The molecule has 3 N–H and O–H groups in total. The molecule has 0 unspecified atom stereocenters. The molecule has 0 bridgehead atoms. The van der Waals surface area contributed by atoms with Crippen molar-refractivity contribution in [2.24, 2.45) is 11.7 Å². The summed E-state index contributed by atoms with van der Waals surface area (Å²) in [6.45, 7) is 4.30. The Hall–Kier alpha value is -1.16. The first-order valence-corrected chi connectivity index (χ1v) is 6.18. The Morgan fingerprint density at radius 2 is 2.12 bits per heavy atom. The van der Waals surface area contributed by atoms with Gasteiger partial charge in [0.1, 0.15) is 10.8 Å². The number of thiocarbonyl (C=S) groups is 1. The summed E-state index contributed by atoms with van der Waals surface area (Å²) >= 11 is 4.95. The Balaban J connectivity index is 2.28. The molecule has 1 fully saturated rings. The maximum Gasteiger partial charge on any atom is 0.124 e. The lowest BCUT2D eigenvalue weighted by molar-refractivity contribution is 0.494. The van der Waals surface area contributed by atoms with Crippen LogP contribution < -0.4 is 11.1 Å². The summed E-state index contributed by atoms with van der Waals surface area (Å²) in [7, 11) is 0. The molecule has 1 aromatic rings. The minimum atomic E-state index is -0.317. The third kappa shape index (κ3) is 2.75. The van der Waals surface area contributed by atoms with Gasteiger partial charge in [-0.3, -0.25) is 0 Å². The second-order valence-electron chi connectivity index (χ2n) is 5.18. The van der Waals surface area contributed by atoms with Crippen LogP contribution in [0, 0.1) is 11.7 Å². The third-order valence-electron chi connectivity index (χ3n) is 3.30. The van der Waals surface area contributed by atoms with Gasteiger partial charge in [0.25, 0.3) is 0 Å². The molecule has 0 aromatic heterocycles. The van der Waals surface area contributed by atoms with E-state index in [4.69, 9.17) is 18.0 Å². The van der Waals surface area contributed by atoms with Crippen molar-refractivity contribution in [1.82, 2.24) is 0 Å². The fraction of sp³-hybridized carbons (Fsp3) is 0.462. The molecule has 4 heteroatoms. The van der Waals surface area contributed by atoms with E-state index in [1.165, 1.54) is 25.0 Å². The molecule has 0 spiro atoms. The highest BCUT2D eigenvalue weighted by atomic mass is 32.1. The van der Waals surface area contributed by atoms with Gasteiger partial charge in [-0.1, -0.05) is 12.2 Å². The number of nitrogens with two attached hydrogens (primary N) is 1. The first-order chi connectivity index (χ1) is 7.90. The van der Waals surface area contributed by atoms with Gasteiger partial charge in [-0.05, 0) is 50.8 Å². The molecule has 17 heavy (non-hydrogen) atoms. The molecule has 2 rings (SSSR count). The zero-order valence-corrected chi connectivity index (χ0v) is 10.9. The van der Waals surface area contributed by atoms with E-state index in [1.807, 2.05) is 0 Å². The van der Waals surface area contributed by atoms with Crippen molar-refractivity contribution in [1.29, 1.82) is 0 Å².